The Morgan fingerprint density at radius 3 is 2.26 bits per heavy atom. The van der Waals surface area contributed by atoms with Crippen LogP contribution in [0.3, 0.4) is 0 Å². The minimum atomic E-state index is -0.00436. The number of hydrogen-bond acceptors (Lipinski definition) is 7. The Kier molecular flexibility index (Phi) is 11.7. The van der Waals surface area contributed by atoms with E-state index in [-0.39, 0.29) is 19.1 Å². The first kappa shape index (κ1) is 26.9. The topological polar surface area (TPSA) is 97.5 Å². The van der Waals surface area contributed by atoms with Gasteiger partial charge in [-0.2, -0.15) is 5.26 Å². The molecule has 0 saturated heterocycles. The summed E-state index contributed by atoms with van der Waals surface area (Å²) in [7, 11) is 0. The number of aromatic nitrogens is 2. The number of ether oxygens (including phenoxy) is 3. The van der Waals surface area contributed by atoms with Crippen molar-refractivity contribution >= 4 is 0 Å². The molecule has 0 radical (unpaired) electrons. The van der Waals surface area contributed by atoms with Gasteiger partial charge in [-0.1, -0.05) is 32.0 Å². The SMILES string of the molecule is CC.Cc1cc(-c2cnc(OCCOCCOCCO)c(C#N)c2)ccc1-c1cnccc1C. The second-order valence-corrected chi connectivity index (χ2v) is 7.21. The van der Waals surface area contributed by atoms with E-state index < -0.39 is 0 Å². The van der Waals surface area contributed by atoms with Gasteiger partial charge in [0, 0.05) is 29.7 Å². The molecule has 0 spiro atoms. The molecule has 0 bridgehead atoms. The van der Waals surface area contributed by atoms with Crippen LogP contribution >= 0.6 is 0 Å². The predicted octanol–water partition coefficient (Wildman–Crippen LogP) is 4.73. The fourth-order valence-corrected chi connectivity index (χ4v) is 3.28. The normalized spacial score (nSPS) is 10.2. The summed E-state index contributed by atoms with van der Waals surface area (Å²) in [5.74, 6) is 0.288. The highest BCUT2D eigenvalue weighted by Gasteiger charge is 2.11. The number of benzene rings is 1. The van der Waals surface area contributed by atoms with Gasteiger partial charge in [0.2, 0.25) is 5.88 Å². The third-order valence-electron chi connectivity index (χ3n) is 4.93. The molecule has 0 aliphatic heterocycles. The molecule has 1 aromatic carbocycles. The van der Waals surface area contributed by atoms with E-state index in [0.717, 1.165) is 27.8 Å². The fourth-order valence-electron chi connectivity index (χ4n) is 3.28. The number of nitriles is 1. The Bertz CT molecular complexity index is 1080. The van der Waals surface area contributed by atoms with E-state index in [1.165, 1.54) is 5.56 Å². The zero-order valence-electron chi connectivity index (χ0n) is 20.4. The minimum Gasteiger partial charge on any atom is -0.474 e. The first-order chi connectivity index (χ1) is 16.6. The van der Waals surface area contributed by atoms with Crippen molar-refractivity contribution in [3.05, 3.63) is 65.6 Å². The van der Waals surface area contributed by atoms with Crippen molar-refractivity contribution in [2.45, 2.75) is 27.7 Å². The summed E-state index contributed by atoms with van der Waals surface area (Å²) in [4.78, 5) is 8.59. The van der Waals surface area contributed by atoms with E-state index >= 15 is 0 Å². The molecule has 0 amide bonds. The summed E-state index contributed by atoms with van der Waals surface area (Å²) in [6, 6.07) is 12.1. The molecular weight excluding hydrogens is 430 g/mol. The van der Waals surface area contributed by atoms with Crippen LogP contribution in [0.25, 0.3) is 22.3 Å². The van der Waals surface area contributed by atoms with Gasteiger partial charge < -0.3 is 19.3 Å². The van der Waals surface area contributed by atoms with Crippen LogP contribution < -0.4 is 4.74 Å². The molecule has 1 N–H and O–H groups in total. The lowest BCUT2D eigenvalue weighted by Crippen LogP contribution is -2.12. The number of pyridine rings is 2. The zero-order valence-corrected chi connectivity index (χ0v) is 20.4. The van der Waals surface area contributed by atoms with E-state index in [1.54, 1.807) is 18.5 Å². The molecule has 0 fully saturated rings. The molecule has 0 unspecified atom stereocenters. The minimum absolute atomic E-state index is 0.00436. The van der Waals surface area contributed by atoms with Gasteiger partial charge in [0.25, 0.3) is 0 Å². The number of nitrogens with zero attached hydrogens (tertiary/aromatic N) is 3. The van der Waals surface area contributed by atoms with E-state index in [0.29, 0.717) is 32.0 Å². The second kappa shape index (κ2) is 14.8. The van der Waals surface area contributed by atoms with Crippen molar-refractivity contribution in [1.82, 2.24) is 9.97 Å². The Morgan fingerprint density at radius 2 is 1.59 bits per heavy atom. The molecule has 0 saturated carbocycles. The van der Waals surface area contributed by atoms with Crippen LogP contribution in [0.4, 0.5) is 0 Å². The maximum absolute atomic E-state index is 9.55. The van der Waals surface area contributed by atoms with Crippen molar-refractivity contribution in [1.29, 1.82) is 5.26 Å². The molecule has 0 aliphatic rings. The molecule has 3 rings (SSSR count). The third-order valence-corrected chi connectivity index (χ3v) is 4.93. The first-order valence-corrected chi connectivity index (χ1v) is 11.5. The van der Waals surface area contributed by atoms with E-state index in [4.69, 9.17) is 19.3 Å². The van der Waals surface area contributed by atoms with Gasteiger partial charge in [-0.15, -0.1) is 0 Å². The lowest BCUT2D eigenvalue weighted by Gasteiger charge is -2.12. The number of aliphatic hydroxyl groups excluding tert-OH is 1. The molecule has 0 atom stereocenters. The molecule has 2 heterocycles. The lowest BCUT2D eigenvalue weighted by atomic mass is 9.95. The highest BCUT2D eigenvalue weighted by molar-refractivity contribution is 5.75. The quantitative estimate of drug-likeness (QED) is 0.411. The molecule has 34 heavy (non-hydrogen) atoms. The van der Waals surface area contributed by atoms with Crippen LogP contribution in [-0.4, -0.2) is 54.7 Å². The van der Waals surface area contributed by atoms with Crippen molar-refractivity contribution in [2.75, 3.05) is 39.6 Å². The van der Waals surface area contributed by atoms with Gasteiger partial charge in [0.15, 0.2) is 0 Å². The number of aryl methyl sites for hydroxylation is 2. The summed E-state index contributed by atoms with van der Waals surface area (Å²) in [6.07, 6.45) is 5.38. The molecule has 180 valence electrons. The molecule has 0 aliphatic carbocycles. The molecule has 3 aromatic rings. The van der Waals surface area contributed by atoms with Crippen LogP contribution in [0.2, 0.25) is 0 Å². The third kappa shape index (κ3) is 7.63. The summed E-state index contributed by atoms with van der Waals surface area (Å²) in [5.41, 5.74) is 6.75. The highest BCUT2D eigenvalue weighted by Crippen LogP contribution is 2.31. The average Bonchev–Trinajstić information content (AvgIpc) is 2.87. The number of hydrogen-bond donors (Lipinski definition) is 1. The van der Waals surface area contributed by atoms with Crippen molar-refractivity contribution in [3.63, 3.8) is 0 Å². The number of aliphatic hydroxyl groups is 1. The first-order valence-electron chi connectivity index (χ1n) is 11.5. The summed E-state index contributed by atoms with van der Waals surface area (Å²) in [5, 5.41) is 18.2. The van der Waals surface area contributed by atoms with E-state index in [2.05, 4.69) is 42.0 Å². The van der Waals surface area contributed by atoms with Gasteiger partial charge in [-0.05, 0) is 48.2 Å². The maximum atomic E-state index is 9.55. The Labute approximate surface area is 202 Å². The van der Waals surface area contributed by atoms with Crippen LogP contribution in [0.15, 0.2) is 48.9 Å². The average molecular weight is 464 g/mol. The van der Waals surface area contributed by atoms with Crippen molar-refractivity contribution < 1.29 is 19.3 Å². The lowest BCUT2D eigenvalue weighted by molar-refractivity contribution is 0.0243. The highest BCUT2D eigenvalue weighted by atomic mass is 16.5. The van der Waals surface area contributed by atoms with Crippen LogP contribution in [0, 0.1) is 25.2 Å². The van der Waals surface area contributed by atoms with Gasteiger partial charge in [0.1, 0.15) is 18.2 Å². The molecular formula is C27H33N3O4. The standard InChI is InChI=1S/C25H27N3O4.C2H6/c1-18-5-6-27-17-24(18)23-4-3-20(13-19(23)2)22-14-21(15-26)25(28-16-22)32-12-11-31-10-9-30-8-7-29;1-2/h3-6,13-14,16-17,29H,7-12H2,1-2H3;1-2H3. The summed E-state index contributed by atoms with van der Waals surface area (Å²) < 4.78 is 16.1. The summed E-state index contributed by atoms with van der Waals surface area (Å²) in [6.45, 7) is 9.88. The van der Waals surface area contributed by atoms with Gasteiger partial charge in [-0.25, -0.2) is 4.98 Å². The summed E-state index contributed by atoms with van der Waals surface area (Å²) >= 11 is 0. The van der Waals surface area contributed by atoms with Crippen LogP contribution in [0.1, 0.15) is 30.5 Å². The van der Waals surface area contributed by atoms with Crippen molar-refractivity contribution in [2.24, 2.45) is 0 Å². The monoisotopic (exact) mass is 463 g/mol. The van der Waals surface area contributed by atoms with Crippen LogP contribution in [-0.2, 0) is 9.47 Å². The molecule has 7 nitrogen and oxygen atoms in total. The number of rotatable bonds is 11. The zero-order chi connectivity index (χ0) is 24.8. The predicted molar refractivity (Wildman–Crippen MR) is 133 cm³/mol. The van der Waals surface area contributed by atoms with Crippen molar-refractivity contribution in [3.8, 4) is 34.2 Å². The maximum Gasteiger partial charge on any atom is 0.231 e. The second-order valence-electron chi connectivity index (χ2n) is 7.21. The largest absolute Gasteiger partial charge is 0.474 e. The van der Waals surface area contributed by atoms with Gasteiger partial charge in [-0.3, -0.25) is 4.98 Å². The Morgan fingerprint density at radius 1 is 0.853 bits per heavy atom. The Hall–Kier alpha value is -3.31. The molecule has 2 aromatic heterocycles. The van der Waals surface area contributed by atoms with Gasteiger partial charge >= 0.3 is 0 Å². The molecule has 7 heteroatoms. The smallest absolute Gasteiger partial charge is 0.231 e. The van der Waals surface area contributed by atoms with E-state index in [1.807, 2.05) is 32.2 Å². The van der Waals surface area contributed by atoms with Crippen LogP contribution in [0.5, 0.6) is 5.88 Å². The fraction of sp³-hybridized carbons (Fsp3) is 0.370. The van der Waals surface area contributed by atoms with Gasteiger partial charge in [0.05, 0.1) is 33.0 Å². The Balaban J connectivity index is 0.00000199. The van der Waals surface area contributed by atoms with E-state index in [9.17, 15) is 5.26 Å².